The Morgan fingerprint density at radius 1 is 1.21 bits per heavy atom. The van der Waals surface area contributed by atoms with Crippen LogP contribution in [0.15, 0.2) is 24.3 Å². The molecule has 0 aliphatic heterocycles. The van der Waals surface area contributed by atoms with Crippen molar-refractivity contribution in [2.24, 2.45) is 0 Å². The molecule has 0 bridgehead atoms. The summed E-state index contributed by atoms with van der Waals surface area (Å²) in [5, 5.41) is 3.04. The van der Waals surface area contributed by atoms with Crippen molar-refractivity contribution in [3.63, 3.8) is 0 Å². The Morgan fingerprint density at radius 2 is 1.93 bits per heavy atom. The zero-order valence-corrected chi connectivity index (χ0v) is 9.05. The van der Waals surface area contributed by atoms with Gasteiger partial charge in [-0.25, -0.2) is 0 Å². The Morgan fingerprint density at radius 3 is 2.50 bits per heavy atom. The van der Waals surface area contributed by atoms with Gasteiger partial charge >= 0.3 is 0 Å². The third kappa shape index (κ3) is 3.79. The molecule has 0 saturated heterocycles. The van der Waals surface area contributed by atoms with Gasteiger partial charge in [-0.1, -0.05) is 25.5 Å². The SMILES string of the molecule is CCCc1ccc(OCCNC)cc1. The zero-order chi connectivity index (χ0) is 10.2. The highest BCUT2D eigenvalue weighted by atomic mass is 16.5. The highest BCUT2D eigenvalue weighted by Gasteiger charge is 1.94. The molecule has 0 saturated carbocycles. The fourth-order valence-electron chi connectivity index (χ4n) is 1.31. The number of rotatable bonds is 6. The van der Waals surface area contributed by atoms with Crippen molar-refractivity contribution in [1.29, 1.82) is 0 Å². The van der Waals surface area contributed by atoms with Gasteiger partial charge in [-0.15, -0.1) is 0 Å². The van der Waals surface area contributed by atoms with Crippen LogP contribution < -0.4 is 10.1 Å². The van der Waals surface area contributed by atoms with Crippen LogP contribution in [-0.2, 0) is 6.42 Å². The first-order valence-electron chi connectivity index (χ1n) is 5.23. The Kier molecular flexibility index (Phi) is 5.08. The van der Waals surface area contributed by atoms with Crippen molar-refractivity contribution in [1.82, 2.24) is 5.32 Å². The third-order valence-electron chi connectivity index (χ3n) is 2.08. The van der Waals surface area contributed by atoms with E-state index >= 15 is 0 Å². The number of hydrogen-bond donors (Lipinski definition) is 1. The predicted octanol–water partition coefficient (Wildman–Crippen LogP) is 2.24. The van der Waals surface area contributed by atoms with Crippen LogP contribution in [0.25, 0.3) is 0 Å². The van der Waals surface area contributed by atoms with E-state index in [9.17, 15) is 0 Å². The number of benzene rings is 1. The molecule has 0 spiro atoms. The molecule has 1 rings (SSSR count). The van der Waals surface area contributed by atoms with Crippen molar-refractivity contribution < 1.29 is 4.74 Å². The van der Waals surface area contributed by atoms with Crippen LogP contribution in [0, 0.1) is 0 Å². The number of ether oxygens (including phenoxy) is 1. The molecule has 1 N–H and O–H groups in total. The molecule has 2 heteroatoms. The molecule has 0 aliphatic carbocycles. The molecule has 1 aromatic carbocycles. The fourth-order valence-corrected chi connectivity index (χ4v) is 1.31. The van der Waals surface area contributed by atoms with Crippen LogP contribution in [-0.4, -0.2) is 20.2 Å². The van der Waals surface area contributed by atoms with Crippen molar-refractivity contribution >= 4 is 0 Å². The Hall–Kier alpha value is -1.02. The number of hydrogen-bond acceptors (Lipinski definition) is 2. The Balaban J connectivity index is 2.38. The van der Waals surface area contributed by atoms with Gasteiger partial charge in [-0.3, -0.25) is 0 Å². The van der Waals surface area contributed by atoms with Crippen molar-refractivity contribution in [3.05, 3.63) is 29.8 Å². The second-order valence-corrected chi connectivity index (χ2v) is 3.35. The molecule has 14 heavy (non-hydrogen) atoms. The summed E-state index contributed by atoms with van der Waals surface area (Å²) in [4.78, 5) is 0. The topological polar surface area (TPSA) is 21.3 Å². The van der Waals surface area contributed by atoms with Crippen LogP contribution >= 0.6 is 0 Å². The minimum Gasteiger partial charge on any atom is -0.492 e. The quantitative estimate of drug-likeness (QED) is 0.700. The van der Waals surface area contributed by atoms with Crippen molar-refractivity contribution in [2.45, 2.75) is 19.8 Å². The maximum absolute atomic E-state index is 5.52. The van der Waals surface area contributed by atoms with Gasteiger partial charge in [0.1, 0.15) is 12.4 Å². The molecular weight excluding hydrogens is 174 g/mol. The van der Waals surface area contributed by atoms with Crippen LogP contribution in [0.1, 0.15) is 18.9 Å². The van der Waals surface area contributed by atoms with E-state index in [2.05, 4.69) is 24.4 Å². The standard InChI is InChI=1S/C12H19NO/c1-3-4-11-5-7-12(8-6-11)14-10-9-13-2/h5-8,13H,3-4,9-10H2,1-2H3. The Bertz CT molecular complexity index is 243. The molecule has 2 nitrogen and oxygen atoms in total. The maximum Gasteiger partial charge on any atom is 0.119 e. The first-order chi connectivity index (χ1) is 6.86. The van der Waals surface area contributed by atoms with Crippen LogP contribution in [0.3, 0.4) is 0 Å². The van der Waals surface area contributed by atoms with E-state index in [4.69, 9.17) is 4.74 Å². The molecular formula is C12H19NO. The lowest BCUT2D eigenvalue weighted by atomic mass is 10.1. The van der Waals surface area contributed by atoms with Gasteiger partial charge in [0.25, 0.3) is 0 Å². The number of likely N-dealkylation sites (N-methyl/N-ethyl adjacent to an activating group) is 1. The van der Waals surface area contributed by atoms with E-state index < -0.39 is 0 Å². The lowest BCUT2D eigenvalue weighted by Gasteiger charge is -2.06. The fraction of sp³-hybridized carbons (Fsp3) is 0.500. The van der Waals surface area contributed by atoms with Gasteiger partial charge in [0.15, 0.2) is 0 Å². The van der Waals surface area contributed by atoms with E-state index in [0.717, 1.165) is 25.3 Å². The molecule has 0 aromatic heterocycles. The summed E-state index contributed by atoms with van der Waals surface area (Å²) in [6, 6.07) is 8.36. The predicted molar refractivity (Wildman–Crippen MR) is 59.9 cm³/mol. The summed E-state index contributed by atoms with van der Waals surface area (Å²) in [7, 11) is 1.92. The molecule has 1 aromatic rings. The van der Waals surface area contributed by atoms with Gasteiger partial charge in [-0.05, 0) is 31.2 Å². The lowest BCUT2D eigenvalue weighted by molar-refractivity contribution is 0.318. The van der Waals surface area contributed by atoms with E-state index in [-0.39, 0.29) is 0 Å². The van der Waals surface area contributed by atoms with Gasteiger partial charge < -0.3 is 10.1 Å². The summed E-state index contributed by atoms with van der Waals surface area (Å²) in [6.45, 7) is 3.80. The molecule has 0 unspecified atom stereocenters. The second-order valence-electron chi connectivity index (χ2n) is 3.35. The average molecular weight is 193 g/mol. The van der Waals surface area contributed by atoms with Gasteiger partial charge in [0, 0.05) is 6.54 Å². The molecule has 0 amide bonds. The molecule has 0 heterocycles. The third-order valence-corrected chi connectivity index (χ3v) is 2.08. The van der Waals surface area contributed by atoms with Gasteiger partial charge in [0.05, 0.1) is 0 Å². The first-order valence-corrected chi connectivity index (χ1v) is 5.23. The van der Waals surface area contributed by atoms with Gasteiger partial charge in [0.2, 0.25) is 0 Å². The van der Waals surface area contributed by atoms with E-state index in [0.29, 0.717) is 0 Å². The van der Waals surface area contributed by atoms with Crippen molar-refractivity contribution in [3.8, 4) is 5.75 Å². The molecule has 0 atom stereocenters. The monoisotopic (exact) mass is 193 g/mol. The summed E-state index contributed by atoms with van der Waals surface area (Å²) >= 11 is 0. The summed E-state index contributed by atoms with van der Waals surface area (Å²) < 4.78 is 5.52. The van der Waals surface area contributed by atoms with E-state index in [1.807, 2.05) is 19.2 Å². The molecule has 0 radical (unpaired) electrons. The maximum atomic E-state index is 5.52. The highest BCUT2D eigenvalue weighted by molar-refractivity contribution is 5.27. The van der Waals surface area contributed by atoms with Crippen LogP contribution in [0.4, 0.5) is 0 Å². The minimum absolute atomic E-state index is 0.726. The van der Waals surface area contributed by atoms with Crippen LogP contribution in [0.2, 0.25) is 0 Å². The second kappa shape index (κ2) is 6.44. The number of aryl methyl sites for hydroxylation is 1. The summed E-state index contributed by atoms with van der Waals surface area (Å²) in [5.74, 6) is 0.958. The van der Waals surface area contributed by atoms with E-state index in [1.54, 1.807) is 0 Å². The normalized spacial score (nSPS) is 10.1. The van der Waals surface area contributed by atoms with Crippen molar-refractivity contribution in [2.75, 3.05) is 20.2 Å². The highest BCUT2D eigenvalue weighted by Crippen LogP contribution is 2.12. The largest absolute Gasteiger partial charge is 0.492 e. The molecule has 0 aliphatic rings. The number of nitrogens with one attached hydrogen (secondary N) is 1. The summed E-state index contributed by atoms with van der Waals surface area (Å²) in [6.07, 6.45) is 2.34. The average Bonchev–Trinajstić information content (AvgIpc) is 2.21. The summed E-state index contributed by atoms with van der Waals surface area (Å²) in [5.41, 5.74) is 1.38. The zero-order valence-electron chi connectivity index (χ0n) is 9.05. The lowest BCUT2D eigenvalue weighted by Crippen LogP contribution is -2.15. The minimum atomic E-state index is 0.726. The molecule has 78 valence electrons. The smallest absolute Gasteiger partial charge is 0.119 e. The Labute approximate surface area is 86.3 Å². The first kappa shape index (κ1) is 11.1. The molecule has 0 fully saturated rings. The van der Waals surface area contributed by atoms with E-state index in [1.165, 1.54) is 12.0 Å². The van der Waals surface area contributed by atoms with Gasteiger partial charge in [-0.2, -0.15) is 0 Å². The van der Waals surface area contributed by atoms with Crippen LogP contribution in [0.5, 0.6) is 5.75 Å².